The molecule has 0 amide bonds. The molecule has 0 bridgehead atoms. The molecule has 0 aliphatic rings. The lowest BCUT2D eigenvalue weighted by Gasteiger charge is -2.42. The van der Waals surface area contributed by atoms with Crippen LogP contribution in [0, 0.1) is 17.8 Å². The predicted octanol–water partition coefficient (Wildman–Crippen LogP) is 2.55. The molecule has 0 heterocycles. The molecule has 3 atom stereocenters. The Bertz CT molecular complexity index is 490. The zero-order chi connectivity index (χ0) is 22.4. The molecule has 0 aromatic rings. The smallest absolute Gasteiger partial charge is 0.311 e. The minimum atomic E-state index is -1.21. The van der Waals surface area contributed by atoms with E-state index in [1.807, 2.05) is 12.2 Å². The summed E-state index contributed by atoms with van der Waals surface area (Å²) in [5, 5.41) is 30.1. The van der Waals surface area contributed by atoms with Crippen molar-refractivity contribution in [2.45, 2.75) is 66.2 Å². The van der Waals surface area contributed by atoms with E-state index in [1.54, 1.807) is 13.8 Å². The zero-order valence-electron chi connectivity index (χ0n) is 18.4. The fraction of sp³-hybridized carbons (Fsp3) is 0.773. The molecule has 2 N–H and O–H groups in total. The fourth-order valence-electron chi connectivity index (χ4n) is 3.70. The third-order valence-electron chi connectivity index (χ3n) is 5.36. The molecule has 168 valence electrons. The van der Waals surface area contributed by atoms with Crippen molar-refractivity contribution >= 4 is 17.9 Å². The fourth-order valence-corrected chi connectivity index (χ4v) is 3.70. The van der Waals surface area contributed by atoms with E-state index < -0.39 is 35.7 Å². The van der Waals surface area contributed by atoms with Crippen LogP contribution in [0.15, 0.2) is 12.2 Å². The van der Waals surface area contributed by atoms with Gasteiger partial charge in [0.15, 0.2) is 0 Å². The number of carboxylic acid groups (broad SMARTS) is 3. The number of hydrogen-bond donors (Lipinski definition) is 2. The van der Waals surface area contributed by atoms with E-state index in [0.29, 0.717) is 6.54 Å². The zero-order valence-corrected chi connectivity index (χ0v) is 18.4. The van der Waals surface area contributed by atoms with Gasteiger partial charge in [0.25, 0.3) is 0 Å². The minimum Gasteiger partial charge on any atom is -0.550 e. The summed E-state index contributed by atoms with van der Waals surface area (Å²) in [6.07, 6.45) is 10.8. The van der Waals surface area contributed by atoms with Crippen LogP contribution in [0.25, 0.3) is 0 Å². The average Bonchev–Trinajstić information content (AvgIpc) is 2.63. The van der Waals surface area contributed by atoms with Crippen molar-refractivity contribution in [2.75, 3.05) is 26.2 Å². The lowest BCUT2D eigenvalue weighted by Crippen LogP contribution is -2.58. The van der Waals surface area contributed by atoms with Gasteiger partial charge in [0.05, 0.1) is 26.2 Å². The van der Waals surface area contributed by atoms with E-state index in [-0.39, 0.29) is 24.1 Å². The molecule has 0 aliphatic carbocycles. The number of carboxylic acids is 3. The third kappa shape index (κ3) is 11.6. The van der Waals surface area contributed by atoms with Crippen LogP contribution < -0.4 is 5.11 Å². The Labute approximate surface area is 175 Å². The van der Waals surface area contributed by atoms with Crippen LogP contribution in [0.3, 0.4) is 0 Å². The molecule has 7 nitrogen and oxygen atoms in total. The first-order valence-corrected chi connectivity index (χ1v) is 10.7. The van der Waals surface area contributed by atoms with Crippen LogP contribution >= 0.6 is 0 Å². The van der Waals surface area contributed by atoms with Crippen molar-refractivity contribution in [1.29, 1.82) is 0 Å². The molecule has 0 aromatic carbocycles. The second kappa shape index (κ2) is 14.1. The lowest BCUT2D eigenvalue weighted by atomic mass is 10.0. The Morgan fingerprint density at radius 1 is 0.828 bits per heavy atom. The molecule has 7 heteroatoms. The second-order valence-electron chi connectivity index (χ2n) is 8.44. The van der Waals surface area contributed by atoms with Gasteiger partial charge in [0.2, 0.25) is 0 Å². The van der Waals surface area contributed by atoms with Crippen molar-refractivity contribution in [3.63, 3.8) is 0 Å². The molecule has 0 spiro atoms. The molecule has 0 saturated heterocycles. The number of carbonyl (C=O) groups excluding carboxylic acids is 1. The summed E-state index contributed by atoms with van der Waals surface area (Å²) in [6, 6.07) is 0. The van der Waals surface area contributed by atoms with Crippen LogP contribution in [0.2, 0.25) is 0 Å². The second-order valence-corrected chi connectivity index (χ2v) is 8.44. The third-order valence-corrected chi connectivity index (χ3v) is 5.36. The maximum absolute atomic E-state index is 11.4. The van der Waals surface area contributed by atoms with Gasteiger partial charge in [-0.1, -0.05) is 45.6 Å². The van der Waals surface area contributed by atoms with Gasteiger partial charge in [-0.2, -0.15) is 0 Å². The average molecular weight is 414 g/mol. The number of aliphatic carboxylic acids is 3. The first kappa shape index (κ1) is 27.1. The highest BCUT2D eigenvalue weighted by Crippen LogP contribution is 2.20. The van der Waals surface area contributed by atoms with Gasteiger partial charge in [-0.25, -0.2) is 0 Å². The Balaban J connectivity index is 5.37. The standard InChI is InChI=1S/C22H39NO6/c1-5-6-7-8-9-10-11-12-13-23(14-17(2)20(24)25,15-18(3)21(26)27)16-19(4)22(28)29/h11-12,17-19H,5-10,13-16H2,1-4H3,(H2-,24,25,26,27,28,29)/b12-11+. The number of allylic oxidation sites excluding steroid dienone is 1. The van der Waals surface area contributed by atoms with Gasteiger partial charge in [0.1, 0.15) is 11.8 Å². The SMILES string of the molecule is CCCCCCC/C=C/C[N+](CC(C)C(=O)[O-])(CC(C)C(=O)O)CC(C)C(=O)O. The van der Waals surface area contributed by atoms with Crippen molar-refractivity contribution in [3.8, 4) is 0 Å². The molecule has 0 aromatic heterocycles. The summed E-state index contributed by atoms with van der Waals surface area (Å²) < 4.78 is 0.0996. The lowest BCUT2D eigenvalue weighted by molar-refractivity contribution is -0.929. The monoisotopic (exact) mass is 413 g/mol. The van der Waals surface area contributed by atoms with Crippen molar-refractivity contribution in [1.82, 2.24) is 0 Å². The Hall–Kier alpha value is -1.89. The molecule has 29 heavy (non-hydrogen) atoms. The van der Waals surface area contributed by atoms with Gasteiger partial charge in [-0.3, -0.25) is 9.59 Å². The highest BCUT2D eigenvalue weighted by Gasteiger charge is 2.36. The first-order valence-electron chi connectivity index (χ1n) is 10.7. The van der Waals surface area contributed by atoms with Crippen LogP contribution in [-0.4, -0.2) is 58.8 Å². The van der Waals surface area contributed by atoms with Crippen LogP contribution in [0.4, 0.5) is 0 Å². The minimum absolute atomic E-state index is 0.0996. The highest BCUT2D eigenvalue weighted by atomic mass is 16.4. The van der Waals surface area contributed by atoms with E-state index in [4.69, 9.17) is 0 Å². The molecule has 3 unspecified atom stereocenters. The topological polar surface area (TPSA) is 115 Å². The number of hydrogen-bond acceptors (Lipinski definition) is 4. The van der Waals surface area contributed by atoms with Gasteiger partial charge >= 0.3 is 11.9 Å². The van der Waals surface area contributed by atoms with Gasteiger partial charge in [0, 0.05) is 11.9 Å². The summed E-state index contributed by atoms with van der Waals surface area (Å²) in [5.41, 5.74) is 0. The quantitative estimate of drug-likeness (QED) is 0.215. The predicted molar refractivity (Wildman–Crippen MR) is 110 cm³/mol. The number of quaternary nitrogens is 1. The maximum Gasteiger partial charge on any atom is 0.311 e. The van der Waals surface area contributed by atoms with Crippen LogP contribution in [0.1, 0.15) is 66.2 Å². The summed E-state index contributed by atoms with van der Waals surface area (Å²) in [4.78, 5) is 34.2. The van der Waals surface area contributed by atoms with E-state index in [9.17, 15) is 29.7 Å². The number of unbranched alkanes of at least 4 members (excludes halogenated alkanes) is 5. The van der Waals surface area contributed by atoms with E-state index in [0.717, 1.165) is 19.3 Å². The molecule has 0 radical (unpaired) electrons. The number of carbonyl (C=O) groups is 3. The normalized spacial score (nSPS) is 16.8. The van der Waals surface area contributed by atoms with Crippen LogP contribution in [-0.2, 0) is 14.4 Å². The summed E-state index contributed by atoms with van der Waals surface area (Å²) in [7, 11) is 0. The molecule has 0 aliphatic heterocycles. The molecule has 0 rings (SSSR count). The van der Waals surface area contributed by atoms with Crippen molar-refractivity contribution < 1.29 is 34.2 Å². The molecular formula is C22H39NO6. The molecule has 0 saturated carbocycles. The van der Waals surface area contributed by atoms with E-state index in [1.165, 1.54) is 26.2 Å². The van der Waals surface area contributed by atoms with Crippen LogP contribution in [0.5, 0.6) is 0 Å². The van der Waals surface area contributed by atoms with Gasteiger partial charge in [-0.15, -0.1) is 0 Å². The Kier molecular flexibility index (Phi) is 13.2. The van der Waals surface area contributed by atoms with Gasteiger partial charge in [-0.05, 0) is 32.8 Å². The molecular weight excluding hydrogens is 374 g/mol. The highest BCUT2D eigenvalue weighted by molar-refractivity contribution is 5.70. The maximum atomic E-state index is 11.4. The van der Waals surface area contributed by atoms with E-state index >= 15 is 0 Å². The largest absolute Gasteiger partial charge is 0.550 e. The first-order chi connectivity index (χ1) is 13.5. The van der Waals surface area contributed by atoms with Gasteiger partial charge < -0.3 is 24.6 Å². The van der Waals surface area contributed by atoms with Crippen molar-refractivity contribution in [3.05, 3.63) is 12.2 Å². The van der Waals surface area contributed by atoms with Crippen molar-refractivity contribution in [2.24, 2.45) is 17.8 Å². The van der Waals surface area contributed by atoms with E-state index in [2.05, 4.69) is 6.92 Å². The number of nitrogens with zero attached hydrogens (tertiary/aromatic N) is 1. The summed E-state index contributed by atoms with van der Waals surface area (Å²) in [5.74, 6) is -5.40. The Morgan fingerprint density at radius 2 is 1.31 bits per heavy atom. The summed E-state index contributed by atoms with van der Waals surface area (Å²) in [6.45, 7) is 7.72. The number of rotatable bonds is 17. The summed E-state index contributed by atoms with van der Waals surface area (Å²) >= 11 is 0. The molecule has 0 fully saturated rings. The Morgan fingerprint density at radius 3 is 1.76 bits per heavy atom.